The molecule has 6 heteroatoms. The number of para-hydroxylation sites is 1. The number of amides is 1. The van der Waals surface area contributed by atoms with Gasteiger partial charge in [-0.3, -0.25) is 14.9 Å². The lowest BCUT2D eigenvalue weighted by molar-refractivity contribution is -0.384. The van der Waals surface area contributed by atoms with E-state index in [2.05, 4.69) is 0 Å². The largest absolute Gasteiger partial charge is 0.484 e. The first-order valence-electron chi connectivity index (χ1n) is 8.89. The van der Waals surface area contributed by atoms with Gasteiger partial charge in [0.2, 0.25) is 0 Å². The Hall–Kier alpha value is -2.89. The first-order chi connectivity index (χ1) is 12.6. The molecule has 0 bridgehead atoms. The van der Waals surface area contributed by atoms with Crippen LogP contribution in [0.15, 0.2) is 54.6 Å². The van der Waals surface area contributed by atoms with Gasteiger partial charge in [-0.1, -0.05) is 37.5 Å². The average molecular weight is 354 g/mol. The molecule has 0 aromatic heterocycles. The number of non-ortho nitro benzene ring substituents is 1. The van der Waals surface area contributed by atoms with Gasteiger partial charge in [0.15, 0.2) is 6.61 Å². The zero-order valence-electron chi connectivity index (χ0n) is 14.5. The van der Waals surface area contributed by atoms with Gasteiger partial charge in [0.1, 0.15) is 5.75 Å². The van der Waals surface area contributed by atoms with E-state index in [0.29, 0.717) is 5.75 Å². The van der Waals surface area contributed by atoms with Crippen LogP contribution in [0.3, 0.4) is 0 Å². The van der Waals surface area contributed by atoms with Crippen molar-refractivity contribution < 1.29 is 14.5 Å². The summed E-state index contributed by atoms with van der Waals surface area (Å²) in [7, 11) is 0. The van der Waals surface area contributed by atoms with E-state index in [1.54, 1.807) is 0 Å². The second-order valence-corrected chi connectivity index (χ2v) is 6.43. The summed E-state index contributed by atoms with van der Waals surface area (Å²) in [5.41, 5.74) is 0.883. The third-order valence-corrected chi connectivity index (χ3v) is 4.65. The Labute approximate surface area is 152 Å². The van der Waals surface area contributed by atoms with Crippen molar-refractivity contribution in [2.24, 2.45) is 0 Å². The fourth-order valence-electron chi connectivity index (χ4n) is 3.36. The Balaban J connectivity index is 1.70. The molecular weight excluding hydrogens is 332 g/mol. The van der Waals surface area contributed by atoms with E-state index >= 15 is 0 Å². The molecule has 3 rings (SSSR count). The van der Waals surface area contributed by atoms with Crippen LogP contribution in [-0.4, -0.2) is 23.5 Å². The third kappa shape index (κ3) is 4.39. The zero-order valence-corrected chi connectivity index (χ0v) is 14.5. The number of carbonyl (C=O) groups excluding carboxylic acids is 1. The number of hydrogen-bond donors (Lipinski definition) is 0. The van der Waals surface area contributed by atoms with Crippen LogP contribution < -0.4 is 9.64 Å². The molecule has 0 atom stereocenters. The second kappa shape index (κ2) is 8.47. The van der Waals surface area contributed by atoms with Crippen LogP contribution in [0.4, 0.5) is 11.4 Å². The van der Waals surface area contributed by atoms with Crippen LogP contribution in [0.5, 0.6) is 5.75 Å². The lowest BCUT2D eigenvalue weighted by Crippen LogP contribution is -2.44. The molecule has 0 saturated heterocycles. The fraction of sp³-hybridized carbons (Fsp3) is 0.350. The smallest absolute Gasteiger partial charge is 0.269 e. The Bertz CT molecular complexity index is 740. The van der Waals surface area contributed by atoms with Crippen molar-refractivity contribution in [2.45, 2.75) is 38.1 Å². The van der Waals surface area contributed by atoms with Gasteiger partial charge in [0.25, 0.3) is 11.6 Å². The Kier molecular flexibility index (Phi) is 5.84. The fourth-order valence-corrected chi connectivity index (χ4v) is 3.36. The van der Waals surface area contributed by atoms with Gasteiger partial charge in [-0.2, -0.15) is 0 Å². The standard InChI is InChI=1S/C20H22N2O4/c23-20(15-26-19-13-11-18(12-14-19)22(24)25)21(16-7-3-1-4-8-16)17-9-5-2-6-10-17/h1,3-4,7-8,11-14,17H,2,5-6,9-10,15H2. The average Bonchev–Trinajstić information content (AvgIpc) is 2.68. The maximum Gasteiger partial charge on any atom is 0.269 e. The minimum Gasteiger partial charge on any atom is -0.484 e. The van der Waals surface area contributed by atoms with Crippen LogP contribution in [-0.2, 0) is 4.79 Å². The lowest BCUT2D eigenvalue weighted by Gasteiger charge is -2.34. The van der Waals surface area contributed by atoms with Crippen LogP contribution in [0.1, 0.15) is 32.1 Å². The molecule has 1 aliphatic carbocycles. The molecule has 0 radical (unpaired) electrons. The number of hydrogen-bond acceptors (Lipinski definition) is 4. The predicted octanol–water partition coefficient (Wildman–Crippen LogP) is 4.34. The normalized spacial score (nSPS) is 14.6. The summed E-state index contributed by atoms with van der Waals surface area (Å²) in [4.78, 5) is 25.0. The zero-order chi connectivity index (χ0) is 18.4. The summed E-state index contributed by atoms with van der Waals surface area (Å²) in [5.74, 6) is 0.349. The molecule has 0 unspecified atom stereocenters. The van der Waals surface area contributed by atoms with E-state index in [-0.39, 0.29) is 24.2 Å². The van der Waals surface area contributed by atoms with E-state index in [1.165, 1.54) is 30.7 Å². The molecule has 1 amide bonds. The number of carbonyl (C=O) groups is 1. The molecule has 6 nitrogen and oxygen atoms in total. The first-order valence-corrected chi connectivity index (χ1v) is 8.89. The highest BCUT2D eigenvalue weighted by atomic mass is 16.6. The minimum absolute atomic E-state index is 0.00297. The maximum absolute atomic E-state index is 12.9. The number of ether oxygens (including phenoxy) is 1. The van der Waals surface area contributed by atoms with Crippen molar-refractivity contribution in [3.8, 4) is 5.75 Å². The van der Waals surface area contributed by atoms with Crippen LogP contribution >= 0.6 is 0 Å². The minimum atomic E-state index is -0.463. The number of rotatable bonds is 6. The van der Waals surface area contributed by atoms with Gasteiger partial charge in [0.05, 0.1) is 4.92 Å². The molecule has 0 heterocycles. The highest BCUT2D eigenvalue weighted by Crippen LogP contribution is 2.27. The highest BCUT2D eigenvalue weighted by Gasteiger charge is 2.27. The number of anilines is 1. The summed E-state index contributed by atoms with van der Waals surface area (Å²) in [6, 6.07) is 15.6. The van der Waals surface area contributed by atoms with E-state index < -0.39 is 4.92 Å². The van der Waals surface area contributed by atoms with Crippen molar-refractivity contribution >= 4 is 17.3 Å². The van der Waals surface area contributed by atoms with Crippen molar-refractivity contribution in [3.63, 3.8) is 0 Å². The predicted molar refractivity (Wildman–Crippen MR) is 99.4 cm³/mol. The Morgan fingerprint density at radius 3 is 2.31 bits per heavy atom. The van der Waals surface area contributed by atoms with Gasteiger partial charge in [-0.05, 0) is 37.1 Å². The maximum atomic E-state index is 12.9. The van der Waals surface area contributed by atoms with Crippen LogP contribution in [0.25, 0.3) is 0 Å². The monoisotopic (exact) mass is 354 g/mol. The summed E-state index contributed by atoms with van der Waals surface area (Å²) in [6.45, 7) is -0.0940. The number of nitro groups is 1. The topological polar surface area (TPSA) is 72.7 Å². The first kappa shape index (κ1) is 17.9. The molecule has 0 aliphatic heterocycles. The van der Waals surface area contributed by atoms with Gasteiger partial charge in [-0.15, -0.1) is 0 Å². The second-order valence-electron chi connectivity index (χ2n) is 6.43. The molecule has 1 aliphatic rings. The van der Waals surface area contributed by atoms with Gasteiger partial charge >= 0.3 is 0 Å². The number of benzene rings is 2. The molecule has 1 saturated carbocycles. The van der Waals surface area contributed by atoms with Crippen molar-refractivity contribution in [2.75, 3.05) is 11.5 Å². The Morgan fingerprint density at radius 2 is 1.69 bits per heavy atom. The summed E-state index contributed by atoms with van der Waals surface area (Å²) in [6.07, 6.45) is 5.47. The van der Waals surface area contributed by atoms with Crippen LogP contribution in [0.2, 0.25) is 0 Å². The molecule has 136 valence electrons. The quantitative estimate of drug-likeness (QED) is 0.571. The number of nitrogens with zero attached hydrogens (tertiary/aromatic N) is 2. The van der Waals surface area contributed by atoms with Gasteiger partial charge in [0, 0.05) is 23.9 Å². The Morgan fingerprint density at radius 1 is 1.04 bits per heavy atom. The molecule has 0 N–H and O–H groups in total. The van der Waals surface area contributed by atoms with E-state index in [1.807, 2.05) is 35.2 Å². The van der Waals surface area contributed by atoms with E-state index in [9.17, 15) is 14.9 Å². The summed E-state index contributed by atoms with van der Waals surface area (Å²) < 4.78 is 5.58. The van der Waals surface area contributed by atoms with Gasteiger partial charge in [-0.25, -0.2) is 0 Å². The molecule has 0 spiro atoms. The lowest BCUT2D eigenvalue weighted by atomic mass is 9.93. The van der Waals surface area contributed by atoms with Gasteiger partial charge < -0.3 is 9.64 Å². The molecule has 26 heavy (non-hydrogen) atoms. The van der Waals surface area contributed by atoms with Crippen molar-refractivity contribution in [1.29, 1.82) is 0 Å². The number of nitro benzene ring substituents is 1. The van der Waals surface area contributed by atoms with Crippen molar-refractivity contribution in [1.82, 2.24) is 0 Å². The van der Waals surface area contributed by atoms with E-state index in [0.717, 1.165) is 31.4 Å². The molecule has 2 aromatic rings. The SMILES string of the molecule is O=C(COc1ccc([N+](=O)[O-])cc1)N(c1ccccc1)C1CCCCC1. The molecule has 1 fully saturated rings. The van der Waals surface area contributed by atoms with Crippen LogP contribution in [0, 0.1) is 10.1 Å². The van der Waals surface area contributed by atoms with E-state index in [4.69, 9.17) is 4.74 Å². The molecular formula is C20H22N2O4. The summed E-state index contributed by atoms with van der Waals surface area (Å²) >= 11 is 0. The highest BCUT2D eigenvalue weighted by molar-refractivity contribution is 5.95. The van der Waals surface area contributed by atoms with Crippen molar-refractivity contribution in [3.05, 3.63) is 64.7 Å². The molecule has 2 aromatic carbocycles. The summed E-state index contributed by atoms with van der Waals surface area (Å²) in [5, 5.41) is 10.7. The third-order valence-electron chi connectivity index (χ3n) is 4.65.